The zero-order chi connectivity index (χ0) is 22.0. The Labute approximate surface area is 175 Å². The fraction of sp³-hybridized carbons (Fsp3) is 0.643. The number of aliphatic carboxylic acids is 5. The normalized spacial score (nSPS) is 6.42. The first-order chi connectivity index (χ1) is 11.1. The molecule has 0 aromatic rings. The first-order valence-corrected chi connectivity index (χ1v) is 6.76. The molecule has 0 fully saturated rings. The van der Waals surface area contributed by atoms with E-state index >= 15 is 0 Å². The Morgan fingerprint density at radius 2 is 0.615 bits per heavy atom. The van der Waals surface area contributed by atoms with Crippen LogP contribution in [-0.4, -0.2) is 98.0 Å². The molecule has 0 unspecified atom stereocenters. The van der Waals surface area contributed by atoms with E-state index in [1.54, 1.807) is 0 Å². The molecule has 0 aliphatic rings. The van der Waals surface area contributed by atoms with Crippen LogP contribution in [0.15, 0.2) is 0 Å². The summed E-state index contributed by atoms with van der Waals surface area (Å²) in [4.78, 5) is 45.0. The van der Waals surface area contributed by atoms with Gasteiger partial charge in [0.25, 0.3) is 29.8 Å². The predicted octanol–water partition coefficient (Wildman–Crippen LogP) is 0.690. The average Bonchev–Trinajstić information content (AvgIpc) is 2.25. The third-order valence-corrected chi connectivity index (χ3v) is 0.500. The van der Waals surface area contributed by atoms with Crippen molar-refractivity contribution in [1.82, 2.24) is 5.32 Å². The Kier molecular flexibility index (Phi) is 73.9. The second kappa shape index (κ2) is 43.6. The second-order valence-corrected chi connectivity index (χ2v) is 3.55. The molecule has 1 radical (unpaired) electrons. The Morgan fingerprint density at radius 3 is 0.615 bits per heavy atom. The van der Waals surface area contributed by atoms with Crippen LogP contribution < -0.4 is 5.32 Å². The van der Waals surface area contributed by atoms with Crippen molar-refractivity contribution < 1.29 is 49.5 Å². The standard InChI is InChI=1S/C4H11N.5C2H4O2.Na/c1-3-5-4-2;5*1-2(3)4;/h5H,3-4H2,1-2H3;5*1H3,(H,3,4);. The van der Waals surface area contributed by atoms with Crippen molar-refractivity contribution in [2.24, 2.45) is 0 Å². The van der Waals surface area contributed by atoms with Gasteiger partial charge in [-0.1, -0.05) is 13.8 Å². The number of hydrogen-bond donors (Lipinski definition) is 6. The van der Waals surface area contributed by atoms with Gasteiger partial charge in [0.15, 0.2) is 0 Å². The van der Waals surface area contributed by atoms with Crippen molar-refractivity contribution in [1.29, 1.82) is 0 Å². The molecule has 0 rings (SSSR count). The first kappa shape index (κ1) is 44.1. The van der Waals surface area contributed by atoms with Gasteiger partial charge in [-0.2, -0.15) is 0 Å². The third-order valence-electron chi connectivity index (χ3n) is 0.500. The van der Waals surface area contributed by atoms with Crippen LogP contribution in [0.25, 0.3) is 0 Å². The van der Waals surface area contributed by atoms with Gasteiger partial charge < -0.3 is 30.8 Å². The van der Waals surface area contributed by atoms with E-state index in [4.69, 9.17) is 49.5 Å². The quantitative estimate of drug-likeness (QED) is 0.359. The Bertz CT molecular complexity index is 257. The van der Waals surface area contributed by atoms with Crippen LogP contribution in [0.5, 0.6) is 0 Å². The van der Waals surface area contributed by atoms with Crippen LogP contribution >= 0.6 is 0 Å². The summed E-state index contributed by atoms with van der Waals surface area (Å²) < 4.78 is 0. The molecule has 0 aromatic heterocycles. The molecule has 0 heterocycles. The van der Waals surface area contributed by atoms with Gasteiger partial charge in [0.1, 0.15) is 0 Å². The summed E-state index contributed by atoms with van der Waals surface area (Å²) in [7, 11) is 0. The second-order valence-electron chi connectivity index (χ2n) is 3.55. The van der Waals surface area contributed by atoms with E-state index in [2.05, 4.69) is 19.2 Å². The molecule has 26 heavy (non-hydrogen) atoms. The van der Waals surface area contributed by atoms with Gasteiger partial charge in [0.2, 0.25) is 0 Å². The number of carbonyl (C=O) groups is 5. The summed E-state index contributed by atoms with van der Waals surface area (Å²) in [5.41, 5.74) is 0. The fourth-order valence-corrected chi connectivity index (χ4v) is 0.250. The number of nitrogens with one attached hydrogen (secondary N) is 1. The number of hydrogen-bond acceptors (Lipinski definition) is 6. The number of carboxylic acid groups (broad SMARTS) is 5. The molecule has 0 aliphatic carbocycles. The third kappa shape index (κ3) is 105000. The van der Waals surface area contributed by atoms with Crippen LogP contribution in [0.2, 0.25) is 0 Å². The fourth-order valence-electron chi connectivity index (χ4n) is 0.250. The van der Waals surface area contributed by atoms with Gasteiger partial charge in [0, 0.05) is 64.2 Å². The molecular weight excluding hydrogens is 365 g/mol. The van der Waals surface area contributed by atoms with Crippen molar-refractivity contribution in [2.75, 3.05) is 13.1 Å². The van der Waals surface area contributed by atoms with Crippen molar-refractivity contribution in [3.05, 3.63) is 0 Å². The molecule has 153 valence electrons. The Morgan fingerprint density at radius 1 is 0.538 bits per heavy atom. The predicted molar refractivity (Wildman–Crippen MR) is 96.5 cm³/mol. The molecule has 0 saturated heterocycles. The van der Waals surface area contributed by atoms with Gasteiger partial charge in [-0.25, -0.2) is 0 Å². The summed E-state index contributed by atoms with van der Waals surface area (Å²) in [6, 6.07) is 0. The average molecular weight is 396 g/mol. The van der Waals surface area contributed by atoms with Gasteiger partial charge in [-0.3, -0.25) is 24.0 Å². The summed E-state index contributed by atoms with van der Waals surface area (Å²) in [5.74, 6) is -4.17. The largest absolute Gasteiger partial charge is 0.481 e. The SMILES string of the molecule is CC(=O)O.CC(=O)O.CC(=O)O.CC(=O)O.CC(=O)O.CCNCC.[Na]. The minimum Gasteiger partial charge on any atom is -0.481 e. The van der Waals surface area contributed by atoms with E-state index in [1.165, 1.54) is 0 Å². The molecule has 6 N–H and O–H groups in total. The number of rotatable bonds is 2. The molecule has 0 saturated carbocycles. The smallest absolute Gasteiger partial charge is 0.300 e. The van der Waals surface area contributed by atoms with Gasteiger partial charge >= 0.3 is 0 Å². The minimum atomic E-state index is -0.833. The molecular formula is C14H31NNaO10. The maximum absolute atomic E-state index is 9.00. The Balaban J connectivity index is -0.0000000331. The molecule has 12 heteroatoms. The van der Waals surface area contributed by atoms with Crippen LogP contribution in [0.4, 0.5) is 0 Å². The zero-order valence-corrected chi connectivity index (χ0v) is 18.7. The van der Waals surface area contributed by atoms with Crippen molar-refractivity contribution in [3.63, 3.8) is 0 Å². The molecule has 11 nitrogen and oxygen atoms in total. The van der Waals surface area contributed by atoms with E-state index in [0.29, 0.717) is 0 Å². The van der Waals surface area contributed by atoms with E-state index in [9.17, 15) is 0 Å². The van der Waals surface area contributed by atoms with E-state index in [1.807, 2.05) is 0 Å². The molecule has 0 aromatic carbocycles. The summed E-state index contributed by atoms with van der Waals surface area (Å²) in [6.07, 6.45) is 0. The van der Waals surface area contributed by atoms with Gasteiger partial charge in [0.05, 0.1) is 0 Å². The van der Waals surface area contributed by atoms with Gasteiger partial charge in [-0.05, 0) is 13.1 Å². The first-order valence-electron chi connectivity index (χ1n) is 6.76. The minimum absolute atomic E-state index is 0. The molecule has 0 amide bonds. The topological polar surface area (TPSA) is 199 Å². The van der Waals surface area contributed by atoms with Crippen molar-refractivity contribution >= 4 is 59.4 Å². The van der Waals surface area contributed by atoms with E-state index < -0.39 is 29.8 Å². The molecule has 0 bridgehead atoms. The maximum atomic E-state index is 9.00. The molecule has 0 atom stereocenters. The van der Waals surface area contributed by atoms with Crippen LogP contribution in [0, 0.1) is 0 Å². The van der Waals surface area contributed by atoms with Crippen molar-refractivity contribution in [3.8, 4) is 0 Å². The Hall–Kier alpha value is -1.69. The van der Waals surface area contributed by atoms with Crippen LogP contribution in [0.3, 0.4) is 0 Å². The van der Waals surface area contributed by atoms with E-state index in [-0.39, 0.29) is 29.6 Å². The zero-order valence-electron chi connectivity index (χ0n) is 16.7. The molecule has 0 spiro atoms. The number of carboxylic acids is 5. The van der Waals surface area contributed by atoms with E-state index in [0.717, 1.165) is 47.7 Å². The van der Waals surface area contributed by atoms with Gasteiger partial charge in [-0.15, -0.1) is 0 Å². The molecule has 0 aliphatic heterocycles. The maximum Gasteiger partial charge on any atom is 0.300 e. The van der Waals surface area contributed by atoms with Crippen LogP contribution in [0.1, 0.15) is 48.5 Å². The summed E-state index contributed by atoms with van der Waals surface area (Å²) in [6.45, 7) is 11.8. The summed E-state index contributed by atoms with van der Waals surface area (Å²) in [5, 5.41) is 40.2. The van der Waals surface area contributed by atoms with Crippen molar-refractivity contribution in [2.45, 2.75) is 48.5 Å². The summed E-state index contributed by atoms with van der Waals surface area (Å²) >= 11 is 0. The van der Waals surface area contributed by atoms with Crippen LogP contribution in [-0.2, 0) is 24.0 Å². The monoisotopic (exact) mass is 396 g/mol.